The lowest BCUT2D eigenvalue weighted by Gasteiger charge is -2.36. The molecule has 0 aliphatic carbocycles. The molecule has 0 aromatic rings. The summed E-state index contributed by atoms with van der Waals surface area (Å²) in [5.74, 6) is -1.88. The molecule has 1 saturated heterocycles. The van der Waals surface area contributed by atoms with Crippen LogP contribution in [0.15, 0.2) is 0 Å². The highest BCUT2D eigenvalue weighted by atomic mass is 19.4. The van der Waals surface area contributed by atoms with Gasteiger partial charge in [0.05, 0.1) is 18.4 Å². The van der Waals surface area contributed by atoms with Gasteiger partial charge in [-0.15, -0.1) is 0 Å². The summed E-state index contributed by atoms with van der Waals surface area (Å²) in [6.45, 7) is 0.569. The highest BCUT2D eigenvalue weighted by Crippen LogP contribution is 2.26. The van der Waals surface area contributed by atoms with Crippen molar-refractivity contribution in [2.24, 2.45) is 0 Å². The van der Waals surface area contributed by atoms with Crippen molar-refractivity contribution in [2.45, 2.75) is 43.8 Å². The molecule has 0 radical (unpaired) electrons. The van der Waals surface area contributed by atoms with Crippen molar-refractivity contribution in [3.63, 3.8) is 0 Å². The number of amides is 1. The van der Waals surface area contributed by atoms with Gasteiger partial charge in [0.25, 0.3) is 0 Å². The molecule has 1 fully saturated rings. The van der Waals surface area contributed by atoms with Crippen LogP contribution in [-0.2, 0) is 14.3 Å². The average Bonchev–Trinajstić information content (AvgIpc) is 2.25. The number of rotatable bonds is 5. The molecule has 110 valence electrons. The molecule has 1 rings (SSSR count). The molecule has 0 bridgehead atoms. The van der Waals surface area contributed by atoms with Gasteiger partial charge in [-0.1, -0.05) is 0 Å². The molecule has 0 aromatic carbocycles. The lowest BCUT2D eigenvalue weighted by molar-refractivity contribution is -0.147. The molecular weight excluding hydrogens is 267 g/mol. The van der Waals surface area contributed by atoms with Crippen molar-refractivity contribution in [3.8, 4) is 0 Å². The van der Waals surface area contributed by atoms with E-state index >= 15 is 0 Å². The number of carboxylic acid groups (broad SMARTS) is 1. The van der Waals surface area contributed by atoms with Crippen LogP contribution in [-0.4, -0.2) is 41.9 Å². The smallest absolute Gasteiger partial charge is 0.389 e. The maximum absolute atomic E-state index is 12.0. The Kier molecular flexibility index (Phi) is 5.16. The Morgan fingerprint density at radius 2 is 1.84 bits per heavy atom. The molecule has 1 aliphatic rings. The number of nitrogens with one attached hydrogen (secondary N) is 1. The Balaban J connectivity index is 2.57. The number of halogens is 3. The molecule has 2 N–H and O–H groups in total. The van der Waals surface area contributed by atoms with E-state index in [0.717, 1.165) is 0 Å². The van der Waals surface area contributed by atoms with E-state index < -0.39 is 36.4 Å². The van der Waals surface area contributed by atoms with E-state index in [0.29, 0.717) is 0 Å². The van der Waals surface area contributed by atoms with Crippen LogP contribution in [0.2, 0.25) is 0 Å². The van der Waals surface area contributed by atoms with Crippen LogP contribution >= 0.6 is 0 Å². The molecule has 0 saturated carbocycles. The molecule has 1 amide bonds. The lowest BCUT2D eigenvalue weighted by atomic mass is 9.86. The van der Waals surface area contributed by atoms with Crippen molar-refractivity contribution in [1.82, 2.24) is 5.32 Å². The maximum Gasteiger partial charge on any atom is 0.389 e. The third kappa shape index (κ3) is 5.91. The Bertz CT molecular complexity index is 337. The first-order chi connectivity index (χ1) is 8.72. The lowest BCUT2D eigenvalue weighted by Crippen LogP contribution is -2.53. The van der Waals surface area contributed by atoms with E-state index in [9.17, 15) is 22.8 Å². The van der Waals surface area contributed by atoms with Crippen LogP contribution in [0.1, 0.15) is 32.1 Å². The normalized spacial score (nSPS) is 18.9. The number of alkyl halides is 3. The van der Waals surface area contributed by atoms with Gasteiger partial charge >= 0.3 is 12.1 Å². The van der Waals surface area contributed by atoms with Crippen LogP contribution in [0, 0.1) is 0 Å². The van der Waals surface area contributed by atoms with Gasteiger partial charge in [0.15, 0.2) is 0 Å². The summed E-state index contributed by atoms with van der Waals surface area (Å²) < 4.78 is 41.1. The van der Waals surface area contributed by atoms with Crippen molar-refractivity contribution >= 4 is 11.9 Å². The van der Waals surface area contributed by atoms with Gasteiger partial charge in [0, 0.05) is 19.6 Å². The van der Waals surface area contributed by atoms with Crippen LogP contribution in [0.25, 0.3) is 0 Å². The molecule has 8 heteroatoms. The third-order valence-corrected chi connectivity index (χ3v) is 2.98. The summed E-state index contributed by atoms with van der Waals surface area (Å²) >= 11 is 0. The summed E-state index contributed by atoms with van der Waals surface area (Å²) in [5.41, 5.74) is -0.993. The summed E-state index contributed by atoms with van der Waals surface area (Å²) in [6, 6.07) is 0. The van der Waals surface area contributed by atoms with Gasteiger partial charge in [-0.2, -0.15) is 13.2 Å². The summed E-state index contributed by atoms with van der Waals surface area (Å²) in [5, 5.41) is 11.3. The number of ether oxygens (including phenoxy) is 1. The number of aliphatic carboxylic acids is 1. The van der Waals surface area contributed by atoms with Gasteiger partial charge in [0.2, 0.25) is 5.91 Å². The highest BCUT2D eigenvalue weighted by molar-refractivity contribution is 5.78. The predicted molar refractivity (Wildman–Crippen MR) is 58.5 cm³/mol. The molecule has 19 heavy (non-hydrogen) atoms. The van der Waals surface area contributed by atoms with E-state index in [1.165, 1.54) is 0 Å². The molecule has 5 nitrogen and oxygen atoms in total. The first-order valence-corrected chi connectivity index (χ1v) is 5.90. The van der Waals surface area contributed by atoms with Gasteiger partial charge in [-0.05, 0) is 12.8 Å². The Morgan fingerprint density at radius 1 is 1.26 bits per heavy atom. The second-order valence-electron chi connectivity index (χ2n) is 4.63. The first-order valence-electron chi connectivity index (χ1n) is 5.90. The standard InChI is InChI=1S/C11H16F3NO4/c12-11(13,14)2-1-8(16)15-10(7-9(17)18)3-5-19-6-4-10/h1-7H2,(H,15,16)(H,17,18). The summed E-state index contributed by atoms with van der Waals surface area (Å²) in [4.78, 5) is 22.3. The quantitative estimate of drug-likeness (QED) is 0.801. The minimum atomic E-state index is -4.40. The van der Waals surface area contributed by atoms with Crippen molar-refractivity contribution in [2.75, 3.05) is 13.2 Å². The second-order valence-corrected chi connectivity index (χ2v) is 4.63. The van der Waals surface area contributed by atoms with Crippen molar-refractivity contribution < 1.29 is 32.6 Å². The number of carbonyl (C=O) groups is 2. The first kappa shape index (κ1) is 15.7. The van der Waals surface area contributed by atoms with Crippen molar-refractivity contribution in [1.29, 1.82) is 0 Å². The SMILES string of the molecule is O=C(O)CC1(NC(=O)CCC(F)(F)F)CCOCC1. The molecule has 1 heterocycles. The van der Waals surface area contributed by atoms with Gasteiger partial charge in [-0.25, -0.2) is 0 Å². The van der Waals surface area contributed by atoms with Gasteiger partial charge in [0.1, 0.15) is 0 Å². The minimum Gasteiger partial charge on any atom is -0.481 e. The molecule has 0 atom stereocenters. The summed E-state index contributed by atoms with van der Waals surface area (Å²) in [7, 11) is 0. The molecular formula is C11H16F3NO4. The van der Waals surface area contributed by atoms with Crippen LogP contribution in [0.4, 0.5) is 13.2 Å². The van der Waals surface area contributed by atoms with Gasteiger partial charge in [-0.3, -0.25) is 9.59 Å². The average molecular weight is 283 g/mol. The maximum atomic E-state index is 12.0. The van der Waals surface area contributed by atoms with Crippen LogP contribution in [0.3, 0.4) is 0 Å². The fraction of sp³-hybridized carbons (Fsp3) is 0.818. The number of hydrogen-bond acceptors (Lipinski definition) is 3. The molecule has 0 spiro atoms. The number of hydrogen-bond donors (Lipinski definition) is 2. The summed E-state index contributed by atoms with van der Waals surface area (Å²) in [6.07, 6.45) is -6.03. The Labute approximate surface area is 108 Å². The Hall–Kier alpha value is -1.31. The zero-order chi connectivity index (χ0) is 14.5. The zero-order valence-electron chi connectivity index (χ0n) is 10.3. The number of carbonyl (C=O) groups excluding carboxylic acids is 1. The van der Waals surface area contributed by atoms with Crippen molar-refractivity contribution in [3.05, 3.63) is 0 Å². The topological polar surface area (TPSA) is 75.6 Å². The largest absolute Gasteiger partial charge is 0.481 e. The van der Waals surface area contributed by atoms with Gasteiger partial charge < -0.3 is 15.2 Å². The number of carboxylic acids is 1. The fourth-order valence-corrected chi connectivity index (χ4v) is 2.01. The van der Waals surface area contributed by atoms with E-state index in [-0.39, 0.29) is 32.5 Å². The molecule has 0 unspecified atom stereocenters. The third-order valence-electron chi connectivity index (χ3n) is 2.98. The van der Waals surface area contributed by atoms with E-state index in [2.05, 4.69) is 5.32 Å². The molecule has 0 aromatic heterocycles. The predicted octanol–water partition coefficient (Wildman–Crippen LogP) is 1.47. The van der Waals surface area contributed by atoms with E-state index in [1.54, 1.807) is 0 Å². The highest BCUT2D eigenvalue weighted by Gasteiger charge is 2.37. The zero-order valence-corrected chi connectivity index (χ0v) is 10.3. The monoisotopic (exact) mass is 283 g/mol. The fourth-order valence-electron chi connectivity index (χ4n) is 2.01. The molecule has 1 aliphatic heterocycles. The minimum absolute atomic E-state index is 0.285. The van der Waals surface area contributed by atoms with E-state index in [1.807, 2.05) is 0 Å². The van der Waals surface area contributed by atoms with Crippen LogP contribution in [0.5, 0.6) is 0 Å². The second kappa shape index (κ2) is 6.23. The van der Waals surface area contributed by atoms with Crippen LogP contribution < -0.4 is 5.32 Å². The Morgan fingerprint density at radius 3 is 2.32 bits per heavy atom. The van der Waals surface area contributed by atoms with E-state index in [4.69, 9.17) is 9.84 Å².